The van der Waals surface area contributed by atoms with E-state index in [4.69, 9.17) is 15.4 Å². The Bertz CT molecular complexity index is 1020. The third-order valence-electron chi connectivity index (χ3n) is 3.44. The van der Waals surface area contributed by atoms with Crippen molar-refractivity contribution >= 4 is 31.5 Å². The van der Waals surface area contributed by atoms with Crippen LogP contribution in [0, 0.1) is 0 Å². The number of hydrogen-bond acceptors (Lipinski definition) is 7. The SMILES string of the molecule is CCCSc1c(C(F)(F)F)ccnc1OC.COc1nccc(C(F)(F)F)c1S(=O)(=O)Cl. The molecule has 0 saturated carbocycles. The number of nitrogens with zero attached hydrogens (tertiary/aromatic N) is 2. The Labute approximate surface area is 188 Å². The molecule has 0 aliphatic heterocycles. The average Bonchev–Trinajstić information content (AvgIpc) is 2.69. The maximum atomic E-state index is 12.7. The van der Waals surface area contributed by atoms with Crippen molar-refractivity contribution in [3.63, 3.8) is 0 Å². The molecule has 2 aromatic rings. The van der Waals surface area contributed by atoms with Crippen LogP contribution in [0.2, 0.25) is 0 Å². The molecule has 32 heavy (non-hydrogen) atoms. The summed E-state index contributed by atoms with van der Waals surface area (Å²) in [6.07, 6.45) is -6.54. The Morgan fingerprint density at radius 3 is 1.81 bits per heavy atom. The van der Waals surface area contributed by atoms with Crippen molar-refractivity contribution in [3.8, 4) is 11.8 Å². The lowest BCUT2D eigenvalue weighted by Gasteiger charge is -2.14. The summed E-state index contributed by atoms with van der Waals surface area (Å²) in [7, 11) is 2.62. The van der Waals surface area contributed by atoms with Gasteiger partial charge in [0.05, 0.1) is 30.2 Å². The minimum atomic E-state index is -4.85. The number of methoxy groups -OCH3 is 2. The predicted octanol–water partition coefficient (Wildman–Crippen LogP) is 5.65. The molecule has 0 aromatic carbocycles. The van der Waals surface area contributed by atoms with Crippen LogP contribution in [0.5, 0.6) is 11.8 Å². The Hall–Kier alpha value is -1.93. The monoisotopic (exact) mass is 526 g/mol. The topological polar surface area (TPSA) is 78.4 Å². The molecule has 0 fully saturated rings. The van der Waals surface area contributed by atoms with Gasteiger partial charge in [-0.25, -0.2) is 18.4 Å². The molecule has 6 nitrogen and oxygen atoms in total. The van der Waals surface area contributed by atoms with Crippen LogP contribution in [0.1, 0.15) is 24.5 Å². The Kier molecular flexibility index (Phi) is 9.90. The Morgan fingerprint density at radius 2 is 1.41 bits per heavy atom. The van der Waals surface area contributed by atoms with Crippen molar-refractivity contribution in [1.82, 2.24) is 9.97 Å². The molecule has 180 valence electrons. The molecule has 0 aliphatic rings. The summed E-state index contributed by atoms with van der Waals surface area (Å²) in [6, 6.07) is 1.48. The molecule has 2 rings (SSSR count). The zero-order valence-corrected chi connectivity index (χ0v) is 19.1. The Balaban J connectivity index is 0.000000320. The van der Waals surface area contributed by atoms with Crippen LogP contribution < -0.4 is 9.47 Å². The van der Waals surface area contributed by atoms with E-state index < -0.39 is 43.3 Å². The fraction of sp³-hybridized carbons (Fsp3) is 0.412. The maximum absolute atomic E-state index is 12.7. The minimum absolute atomic E-state index is 0.0354. The number of halogens is 7. The summed E-state index contributed by atoms with van der Waals surface area (Å²) in [6.45, 7) is 1.91. The number of alkyl halides is 6. The van der Waals surface area contributed by atoms with Gasteiger partial charge >= 0.3 is 12.4 Å². The van der Waals surface area contributed by atoms with E-state index in [0.717, 1.165) is 43.8 Å². The summed E-state index contributed by atoms with van der Waals surface area (Å²) in [5, 5.41) is 0. The van der Waals surface area contributed by atoms with E-state index in [0.29, 0.717) is 11.8 Å². The van der Waals surface area contributed by atoms with Crippen LogP contribution >= 0.6 is 22.4 Å². The highest BCUT2D eigenvalue weighted by molar-refractivity contribution is 8.13. The fourth-order valence-electron chi connectivity index (χ4n) is 2.17. The van der Waals surface area contributed by atoms with Gasteiger partial charge in [-0.15, -0.1) is 11.8 Å². The number of thioether (sulfide) groups is 1. The summed E-state index contributed by atoms with van der Waals surface area (Å²) >= 11 is 1.12. The molecule has 0 bridgehead atoms. The Morgan fingerprint density at radius 1 is 0.938 bits per heavy atom. The van der Waals surface area contributed by atoms with Crippen LogP contribution in [0.4, 0.5) is 26.3 Å². The standard InChI is InChI=1S/C10H12F3NOS.C7H5ClF3NO3S/c1-3-6-16-8-7(10(11,12)13)4-5-14-9(8)15-2;1-15-6-5(16(8,13)14)4(2-3-12-6)7(9,10)11/h4-5H,3,6H2,1-2H3;2-3H,1H3. The first-order valence-electron chi connectivity index (χ1n) is 8.46. The number of pyridine rings is 2. The van der Waals surface area contributed by atoms with Crippen molar-refractivity contribution in [2.45, 2.75) is 35.5 Å². The van der Waals surface area contributed by atoms with Gasteiger partial charge in [-0.1, -0.05) is 6.92 Å². The molecule has 0 unspecified atom stereocenters. The third-order valence-corrected chi connectivity index (χ3v) is 6.08. The summed E-state index contributed by atoms with van der Waals surface area (Å²) in [5.41, 5.74) is -2.09. The molecule has 0 aliphatic carbocycles. The highest BCUT2D eigenvalue weighted by atomic mass is 35.7. The van der Waals surface area contributed by atoms with E-state index in [-0.39, 0.29) is 10.8 Å². The molecule has 0 N–H and O–H groups in total. The van der Waals surface area contributed by atoms with Crippen molar-refractivity contribution in [2.24, 2.45) is 0 Å². The van der Waals surface area contributed by atoms with Crippen molar-refractivity contribution < 1.29 is 44.2 Å². The molecule has 0 radical (unpaired) electrons. The quantitative estimate of drug-likeness (QED) is 0.273. The molecule has 0 amide bonds. The molecule has 2 heterocycles. The van der Waals surface area contributed by atoms with Crippen molar-refractivity contribution in [2.75, 3.05) is 20.0 Å². The molecular weight excluding hydrogens is 510 g/mol. The van der Waals surface area contributed by atoms with Crippen LogP contribution in [0.3, 0.4) is 0 Å². The first-order chi connectivity index (χ1) is 14.7. The zero-order chi connectivity index (χ0) is 24.7. The van der Waals surface area contributed by atoms with Gasteiger partial charge in [-0.2, -0.15) is 26.3 Å². The lowest BCUT2D eigenvalue weighted by molar-refractivity contribution is -0.140. The molecule has 0 atom stereocenters. The highest BCUT2D eigenvalue weighted by Crippen LogP contribution is 2.41. The van der Waals surface area contributed by atoms with Gasteiger partial charge in [-0.3, -0.25) is 0 Å². The van der Waals surface area contributed by atoms with Gasteiger partial charge in [0.25, 0.3) is 9.05 Å². The highest BCUT2D eigenvalue weighted by Gasteiger charge is 2.39. The first-order valence-corrected chi connectivity index (χ1v) is 11.8. The number of rotatable bonds is 6. The van der Waals surface area contributed by atoms with Gasteiger partial charge in [0.1, 0.15) is 0 Å². The van der Waals surface area contributed by atoms with Gasteiger partial charge in [0.2, 0.25) is 11.8 Å². The van der Waals surface area contributed by atoms with Crippen molar-refractivity contribution in [3.05, 3.63) is 35.7 Å². The molecule has 0 saturated heterocycles. The second-order valence-electron chi connectivity index (χ2n) is 5.68. The van der Waals surface area contributed by atoms with E-state index in [1.165, 1.54) is 7.11 Å². The number of aromatic nitrogens is 2. The van der Waals surface area contributed by atoms with Crippen molar-refractivity contribution in [1.29, 1.82) is 0 Å². The van der Waals surface area contributed by atoms with Gasteiger partial charge in [0.15, 0.2) is 4.90 Å². The van der Waals surface area contributed by atoms with E-state index in [1.54, 1.807) is 0 Å². The molecule has 2 aromatic heterocycles. The first kappa shape index (κ1) is 28.1. The lowest BCUT2D eigenvalue weighted by Crippen LogP contribution is -2.12. The van der Waals surface area contributed by atoms with Gasteiger partial charge in [-0.05, 0) is 24.3 Å². The number of hydrogen-bond donors (Lipinski definition) is 0. The third kappa shape index (κ3) is 7.59. The number of ether oxygens (including phenoxy) is 2. The second-order valence-corrected chi connectivity index (χ2v) is 9.28. The van der Waals surface area contributed by atoms with E-state index >= 15 is 0 Å². The molecular formula is C17H17ClF6N2O4S2. The maximum Gasteiger partial charge on any atom is 0.417 e. The lowest BCUT2D eigenvalue weighted by atomic mass is 10.2. The summed E-state index contributed by atoms with van der Waals surface area (Å²) < 4.78 is 107. The minimum Gasteiger partial charge on any atom is -0.480 e. The van der Waals surface area contributed by atoms with Crippen LogP contribution in [0.25, 0.3) is 0 Å². The largest absolute Gasteiger partial charge is 0.480 e. The van der Waals surface area contributed by atoms with Gasteiger partial charge < -0.3 is 9.47 Å². The normalized spacial score (nSPS) is 12.1. The van der Waals surface area contributed by atoms with Gasteiger partial charge in [0, 0.05) is 23.1 Å². The summed E-state index contributed by atoms with van der Waals surface area (Å²) in [5.74, 6) is -0.0522. The smallest absolute Gasteiger partial charge is 0.417 e. The van der Waals surface area contributed by atoms with Crippen LogP contribution in [-0.4, -0.2) is 38.4 Å². The zero-order valence-electron chi connectivity index (χ0n) is 16.7. The van der Waals surface area contributed by atoms with Crippen LogP contribution in [0.15, 0.2) is 34.3 Å². The van der Waals surface area contributed by atoms with E-state index in [2.05, 4.69) is 14.7 Å². The second kappa shape index (κ2) is 11.3. The van der Waals surface area contributed by atoms with E-state index in [9.17, 15) is 34.8 Å². The van der Waals surface area contributed by atoms with E-state index in [1.807, 2.05) is 6.92 Å². The predicted molar refractivity (Wildman–Crippen MR) is 106 cm³/mol. The molecule has 0 spiro atoms. The van der Waals surface area contributed by atoms with Crippen LogP contribution in [-0.2, 0) is 21.4 Å². The summed E-state index contributed by atoms with van der Waals surface area (Å²) in [4.78, 5) is 6.03. The molecule has 15 heteroatoms. The fourth-order valence-corrected chi connectivity index (χ4v) is 4.42. The average molecular weight is 527 g/mol.